The van der Waals surface area contributed by atoms with Gasteiger partial charge in [0.2, 0.25) is 0 Å². The Morgan fingerprint density at radius 1 is 1.50 bits per heavy atom. The second kappa shape index (κ2) is 7.44. The Labute approximate surface area is 119 Å². The van der Waals surface area contributed by atoms with Crippen LogP contribution in [-0.4, -0.2) is 76.9 Å². The van der Waals surface area contributed by atoms with Gasteiger partial charge in [0.25, 0.3) is 0 Å². The van der Waals surface area contributed by atoms with Gasteiger partial charge >= 0.3 is 12.0 Å². The number of aliphatic hydroxyl groups excluding tert-OH is 1. The van der Waals surface area contributed by atoms with Gasteiger partial charge in [0.05, 0.1) is 6.10 Å². The summed E-state index contributed by atoms with van der Waals surface area (Å²) >= 11 is 0. The van der Waals surface area contributed by atoms with Gasteiger partial charge in [-0.1, -0.05) is 6.92 Å². The first-order chi connectivity index (χ1) is 9.36. The number of aliphatic hydroxyl groups is 1. The molecule has 116 valence electrons. The normalized spacial score (nSPS) is 23.9. The molecule has 2 amide bonds. The van der Waals surface area contributed by atoms with E-state index in [1.54, 1.807) is 0 Å². The van der Waals surface area contributed by atoms with E-state index in [1.807, 2.05) is 7.05 Å². The number of hydrogen-bond donors (Lipinski definition) is 3. The van der Waals surface area contributed by atoms with E-state index in [-0.39, 0.29) is 13.0 Å². The van der Waals surface area contributed by atoms with Crippen LogP contribution in [0.3, 0.4) is 0 Å². The molecular formula is C13H25N3O4. The molecule has 0 saturated carbocycles. The summed E-state index contributed by atoms with van der Waals surface area (Å²) in [6.45, 7) is 5.44. The molecule has 3 N–H and O–H groups in total. The number of amides is 2. The Morgan fingerprint density at radius 2 is 2.15 bits per heavy atom. The van der Waals surface area contributed by atoms with Crippen LogP contribution in [-0.2, 0) is 4.79 Å². The quantitative estimate of drug-likeness (QED) is 0.637. The lowest BCUT2D eigenvalue weighted by Gasteiger charge is -2.25. The molecule has 0 bridgehead atoms. The van der Waals surface area contributed by atoms with E-state index in [0.717, 1.165) is 6.42 Å². The molecule has 1 aliphatic rings. The highest BCUT2D eigenvalue weighted by atomic mass is 16.4. The maximum absolute atomic E-state index is 11.9. The molecule has 0 aromatic heterocycles. The zero-order valence-electron chi connectivity index (χ0n) is 12.4. The molecule has 0 aromatic carbocycles. The Morgan fingerprint density at radius 3 is 2.70 bits per heavy atom. The fourth-order valence-electron chi connectivity index (χ4n) is 2.25. The summed E-state index contributed by atoms with van der Waals surface area (Å²) in [5.74, 6) is -1.08. The van der Waals surface area contributed by atoms with Crippen LogP contribution in [0, 0.1) is 0 Å². The number of rotatable bonds is 6. The monoisotopic (exact) mass is 287 g/mol. The van der Waals surface area contributed by atoms with E-state index in [1.165, 1.54) is 4.90 Å². The number of β-amino-alcohol motifs (C(OH)–C–C–N with tert-alkyl or cyclic N) is 1. The third kappa shape index (κ3) is 4.35. The third-order valence-corrected chi connectivity index (χ3v) is 3.91. The van der Waals surface area contributed by atoms with E-state index in [2.05, 4.69) is 24.1 Å². The Kier molecular flexibility index (Phi) is 6.22. The molecule has 20 heavy (non-hydrogen) atoms. The number of aliphatic carboxylic acids is 1. The van der Waals surface area contributed by atoms with Crippen molar-refractivity contribution in [2.45, 2.75) is 44.9 Å². The van der Waals surface area contributed by atoms with E-state index in [9.17, 15) is 14.7 Å². The van der Waals surface area contributed by atoms with Crippen LogP contribution in [0.5, 0.6) is 0 Å². The second-order valence-corrected chi connectivity index (χ2v) is 5.37. The summed E-state index contributed by atoms with van der Waals surface area (Å²) in [7, 11) is 1.99. The largest absolute Gasteiger partial charge is 0.480 e. The van der Waals surface area contributed by atoms with Gasteiger partial charge in [-0.25, -0.2) is 9.59 Å². The number of likely N-dealkylation sites (N-methyl/N-ethyl adjacent to an activating group) is 1. The molecular weight excluding hydrogens is 262 g/mol. The number of carbonyl (C=O) groups excluding carboxylic acids is 1. The molecule has 1 saturated heterocycles. The van der Waals surface area contributed by atoms with Crippen LogP contribution in [0.2, 0.25) is 0 Å². The van der Waals surface area contributed by atoms with Crippen LogP contribution in [0.25, 0.3) is 0 Å². The smallest absolute Gasteiger partial charge is 0.326 e. The molecule has 0 radical (unpaired) electrons. The van der Waals surface area contributed by atoms with Crippen molar-refractivity contribution >= 4 is 12.0 Å². The van der Waals surface area contributed by atoms with Crippen molar-refractivity contribution in [1.29, 1.82) is 0 Å². The van der Waals surface area contributed by atoms with Crippen molar-refractivity contribution in [2.75, 3.05) is 26.7 Å². The van der Waals surface area contributed by atoms with Crippen LogP contribution in [0.1, 0.15) is 26.7 Å². The van der Waals surface area contributed by atoms with Crippen molar-refractivity contribution in [1.82, 2.24) is 15.1 Å². The van der Waals surface area contributed by atoms with Crippen molar-refractivity contribution < 1.29 is 19.8 Å². The van der Waals surface area contributed by atoms with Gasteiger partial charge in [0, 0.05) is 32.1 Å². The minimum atomic E-state index is -1.08. The molecule has 7 heteroatoms. The predicted octanol–water partition coefficient (Wildman–Crippen LogP) is -0.0539. The molecule has 7 nitrogen and oxygen atoms in total. The summed E-state index contributed by atoms with van der Waals surface area (Å²) in [6, 6.07) is -0.920. The lowest BCUT2D eigenvalue weighted by Crippen LogP contribution is -2.48. The number of carboxylic acids is 1. The molecule has 0 aromatic rings. The highest BCUT2D eigenvalue weighted by Crippen LogP contribution is 2.17. The average Bonchev–Trinajstić information content (AvgIpc) is 2.79. The summed E-state index contributed by atoms with van der Waals surface area (Å²) in [6.07, 6.45) is 0.365. The van der Waals surface area contributed by atoms with E-state index >= 15 is 0 Å². The lowest BCUT2D eigenvalue weighted by molar-refractivity contribution is -0.141. The maximum atomic E-state index is 11.9. The lowest BCUT2D eigenvalue weighted by atomic mass is 10.2. The van der Waals surface area contributed by atoms with Crippen molar-refractivity contribution in [3.05, 3.63) is 0 Å². The number of nitrogens with one attached hydrogen (secondary N) is 1. The van der Waals surface area contributed by atoms with Crippen molar-refractivity contribution in [3.8, 4) is 0 Å². The Hall–Kier alpha value is -1.34. The fraction of sp³-hybridized carbons (Fsp3) is 0.846. The first kappa shape index (κ1) is 16.7. The van der Waals surface area contributed by atoms with Crippen LogP contribution in [0.15, 0.2) is 0 Å². The van der Waals surface area contributed by atoms with Crippen LogP contribution in [0.4, 0.5) is 4.79 Å². The van der Waals surface area contributed by atoms with Gasteiger partial charge in [-0.15, -0.1) is 0 Å². The molecule has 3 unspecified atom stereocenters. The van der Waals surface area contributed by atoms with Crippen molar-refractivity contribution in [2.24, 2.45) is 0 Å². The third-order valence-electron chi connectivity index (χ3n) is 3.91. The maximum Gasteiger partial charge on any atom is 0.326 e. The first-order valence-electron chi connectivity index (χ1n) is 7.02. The number of carbonyl (C=O) groups is 2. The van der Waals surface area contributed by atoms with Crippen molar-refractivity contribution in [3.63, 3.8) is 0 Å². The van der Waals surface area contributed by atoms with Gasteiger partial charge in [-0.05, 0) is 20.4 Å². The summed E-state index contributed by atoms with van der Waals surface area (Å²) in [5.41, 5.74) is 0. The Balaban J connectivity index is 2.40. The molecule has 1 heterocycles. The summed E-state index contributed by atoms with van der Waals surface area (Å²) < 4.78 is 0. The number of nitrogens with zero attached hydrogens (tertiary/aromatic N) is 2. The van der Waals surface area contributed by atoms with Crippen LogP contribution >= 0.6 is 0 Å². The fourth-order valence-corrected chi connectivity index (χ4v) is 2.25. The summed E-state index contributed by atoms with van der Waals surface area (Å²) in [5, 5.41) is 21.2. The molecule has 1 rings (SSSR count). The van der Waals surface area contributed by atoms with E-state index in [4.69, 9.17) is 5.11 Å². The number of likely N-dealkylation sites (tertiary alicyclic amines) is 1. The number of urea groups is 1. The zero-order chi connectivity index (χ0) is 15.3. The SMILES string of the molecule is CCC(C)N(C)CCNC(=O)N1CC(O)CC1C(=O)O. The topological polar surface area (TPSA) is 93.1 Å². The second-order valence-electron chi connectivity index (χ2n) is 5.37. The predicted molar refractivity (Wildman–Crippen MR) is 74.5 cm³/mol. The first-order valence-corrected chi connectivity index (χ1v) is 7.02. The minimum Gasteiger partial charge on any atom is -0.480 e. The van der Waals surface area contributed by atoms with Crippen LogP contribution < -0.4 is 5.32 Å². The van der Waals surface area contributed by atoms with E-state index in [0.29, 0.717) is 19.1 Å². The van der Waals surface area contributed by atoms with Gasteiger partial charge in [0.15, 0.2) is 0 Å². The van der Waals surface area contributed by atoms with E-state index < -0.39 is 24.1 Å². The van der Waals surface area contributed by atoms with Gasteiger partial charge in [0.1, 0.15) is 6.04 Å². The highest BCUT2D eigenvalue weighted by Gasteiger charge is 2.38. The Bertz CT molecular complexity index is 351. The van der Waals surface area contributed by atoms with Gasteiger partial charge < -0.3 is 25.3 Å². The molecule has 1 aliphatic heterocycles. The number of hydrogen-bond acceptors (Lipinski definition) is 4. The average molecular weight is 287 g/mol. The standard InChI is InChI=1S/C13H25N3O4/c1-4-9(2)15(3)6-5-14-13(20)16-8-10(17)7-11(16)12(18)19/h9-11,17H,4-8H2,1-3H3,(H,14,20)(H,18,19). The number of carboxylic acid groups (broad SMARTS) is 1. The zero-order valence-corrected chi connectivity index (χ0v) is 12.4. The molecule has 0 aliphatic carbocycles. The molecule has 1 fully saturated rings. The highest BCUT2D eigenvalue weighted by molar-refractivity contribution is 5.83. The summed E-state index contributed by atoms with van der Waals surface area (Å²) in [4.78, 5) is 26.3. The minimum absolute atomic E-state index is 0.0734. The molecule has 0 spiro atoms. The molecule has 3 atom stereocenters. The van der Waals surface area contributed by atoms with Gasteiger partial charge in [-0.3, -0.25) is 0 Å². The van der Waals surface area contributed by atoms with Gasteiger partial charge in [-0.2, -0.15) is 0 Å².